The summed E-state index contributed by atoms with van der Waals surface area (Å²) in [4.78, 5) is 23.1. The average Bonchev–Trinajstić information content (AvgIpc) is 2.68. The number of aromatic nitrogens is 2. The van der Waals surface area contributed by atoms with E-state index in [0.717, 1.165) is 11.1 Å². The summed E-state index contributed by atoms with van der Waals surface area (Å²) in [6, 6.07) is 16.0. The quantitative estimate of drug-likeness (QED) is 0.778. The molecule has 1 aromatic heterocycles. The number of hydrogen-bond acceptors (Lipinski definition) is 4. The van der Waals surface area contributed by atoms with Gasteiger partial charge in [0, 0.05) is 36.6 Å². The maximum atomic E-state index is 12.0. The van der Waals surface area contributed by atoms with Crippen molar-refractivity contribution < 1.29 is 4.79 Å². The summed E-state index contributed by atoms with van der Waals surface area (Å²) in [6.45, 7) is 3.34. The van der Waals surface area contributed by atoms with Crippen molar-refractivity contribution in [1.82, 2.24) is 14.9 Å². The number of amides is 1. The Morgan fingerprint density at radius 2 is 1.85 bits per heavy atom. The van der Waals surface area contributed by atoms with Crippen molar-refractivity contribution in [2.45, 2.75) is 32.5 Å². The van der Waals surface area contributed by atoms with Gasteiger partial charge in [-0.25, -0.2) is 9.97 Å². The lowest BCUT2D eigenvalue weighted by Crippen LogP contribution is -2.48. The van der Waals surface area contributed by atoms with Crippen LogP contribution in [0.3, 0.4) is 0 Å². The molecular formula is C22H22N4O. The third kappa shape index (κ3) is 3.73. The van der Waals surface area contributed by atoms with Crippen LogP contribution < -0.4 is 5.73 Å². The molecule has 0 saturated carbocycles. The van der Waals surface area contributed by atoms with Crippen molar-refractivity contribution in [3.8, 4) is 11.4 Å². The Balaban J connectivity index is 1.55. The first-order valence-electron chi connectivity index (χ1n) is 9.08. The van der Waals surface area contributed by atoms with E-state index in [-0.39, 0.29) is 11.9 Å². The van der Waals surface area contributed by atoms with Crippen molar-refractivity contribution in [2.24, 2.45) is 5.73 Å². The lowest BCUT2D eigenvalue weighted by atomic mass is 9.93. The second kappa shape index (κ2) is 7.29. The molecule has 3 aromatic rings. The van der Waals surface area contributed by atoms with Crippen molar-refractivity contribution in [1.29, 1.82) is 0 Å². The molecule has 4 rings (SSSR count). The van der Waals surface area contributed by atoms with Crippen LogP contribution in [0.15, 0.2) is 60.9 Å². The maximum Gasteiger partial charge on any atom is 0.235 e. The number of primary amides is 1. The molecule has 1 amide bonds. The smallest absolute Gasteiger partial charge is 0.235 e. The highest BCUT2D eigenvalue weighted by molar-refractivity contribution is 5.80. The Bertz CT molecular complexity index is 968. The average molecular weight is 358 g/mol. The van der Waals surface area contributed by atoms with Crippen LogP contribution in [-0.4, -0.2) is 26.8 Å². The summed E-state index contributed by atoms with van der Waals surface area (Å²) >= 11 is 0. The Labute approximate surface area is 158 Å². The minimum atomic E-state index is -0.309. The number of carbonyl (C=O) groups is 1. The number of rotatable bonds is 4. The van der Waals surface area contributed by atoms with Crippen LogP contribution in [0.2, 0.25) is 0 Å². The van der Waals surface area contributed by atoms with E-state index in [0.29, 0.717) is 25.3 Å². The standard InChI is InChI=1S/C22H22N4O/c1-15-5-4-8-18(9-15)22-24-11-16(12-25-22)13-26-14-19-7-3-2-6-17(19)10-20(26)21(23)27/h2-9,11-12,20H,10,13-14H2,1H3,(H2,23,27)/t20-/m0/s1. The predicted octanol–water partition coefficient (Wildman–Crippen LogP) is 2.86. The monoisotopic (exact) mass is 358 g/mol. The molecule has 0 spiro atoms. The third-order valence-electron chi connectivity index (χ3n) is 5.04. The van der Waals surface area contributed by atoms with Crippen molar-refractivity contribution in [2.75, 3.05) is 0 Å². The van der Waals surface area contributed by atoms with E-state index >= 15 is 0 Å². The number of benzene rings is 2. The Kier molecular flexibility index (Phi) is 4.69. The fourth-order valence-electron chi connectivity index (χ4n) is 3.63. The molecule has 0 bridgehead atoms. The van der Waals surface area contributed by atoms with E-state index in [1.54, 1.807) is 0 Å². The molecule has 27 heavy (non-hydrogen) atoms. The highest BCUT2D eigenvalue weighted by atomic mass is 16.1. The summed E-state index contributed by atoms with van der Waals surface area (Å²) in [6.07, 6.45) is 4.32. The van der Waals surface area contributed by atoms with Gasteiger partial charge in [0.1, 0.15) is 0 Å². The van der Waals surface area contributed by atoms with Gasteiger partial charge in [0.25, 0.3) is 0 Å². The van der Waals surface area contributed by atoms with Gasteiger partial charge in [-0.2, -0.15) is 0 Å². The van der Waals surface area contributed by atoms with Gasteiger partial charge in [-0.3, -0.25) is 9.69 Å². The fraction of sp³-hybridized carbons (Fsp3) is 0.227. The normalized spacial score (nSPS) is 16.7. The van der Waals surface area contributed by atoms with Gasteiger partial charge in [0.05, 0.1) is 6.04 Å². The van der Waals surface area contributed by atoms with Gasteiger partial charge in [-0.15, -0.1) is 0 Å². The molecule has 2 heterocycles. The third-order valence-corrected chi connectivity index (χ3v) is 5.04. The molecule has 1 atom stereocenters. The van der Waals surface area contributed by atoms with E-state index < -0.39 is 0 Å². The fourth-order valence-corrected chi connectivity index (χ4v) is 3.63. The van der Waals surface area contributed by atoms with Gasteiger partial charge in [0.2, 0.25) is 5.91 Å². The predicted molar refractivity (Wildman–Crippen MR) is 105 cm³/mol. The van der Waals surface area contributed by atoms with E-state index in [1.807, 2.05) is 36.7 Å². The summed E-state index contributed by atoms with van der Waals surface area (Å²) in [5, 5.41) is 0. The Morgan fingerprint density at radius 3 is 2.56 bits per heavy atom. The molecule has 2 aromatic carbocycles. The summed E-state index contributed by atoms with van der Waals surface area (Å²) < 4.78 is 0. The topological polar surface area (TPSA) is 72.1 Å². The molecule has 1 aliphatic rings. The molecule has 0 fully saturated rings. The molecule has 2 N–H and O–H groups in total. The van der Waals surface area contributed by atoms with Crippen LogP contribution in [0.4, 0.5) is 0 Å². The number of nitrogens with zero attached hydrogens (tertiary/aromatic N) is 3. The number of nitrogens with two attached hydrogens (primary N) is 1. The second-order valence-electron chi connectivity index (χ2n) is 7.08. The van der Waals surface area contributed by atoms with Crippen molar-refractivity contribution in [3.05, 3.63) is 83.2 Å². The van der Waals surface area contributed by atoms with Gasteiger partial charge in [-0.1, -0.05) is 48.0 Å². The van der Waals surface area contributed by atoms with Gasteiger partial charge in [0.15, 0.2) is 5.82 Å². The second-order valence-corrected chi connectivity index (χ2v) is 7.08. The number of fused-ring (bicyclic) bond motifs is 1. The number of aryl methyl sites for hydroxylation is 1. The highest BCUT2D eigenvalue weighted by Crippen LogP contribution is 2.25. The summed E-state index contributed by atoms with van der Waals surface area (Å²) in [5.74, 6) is 0.416. The Hall–Kier alpha value is -3.05. The molecule has 1 aliphatic heterocycles. The van der Waals surface area contributed by atoms with Crippen LogP contribution >= 0.6 is 0 Å². The lowest BCUT2D eigenvalue weighted by Gasteiger charge is -2.34. The minimum absolute atomic E-state index is 0.290. The SMILES string of the molecule is Cc1cccc(-c2ncc(CN3Cc4ccccc4C[C@H]3C(N)=O)cn2)c1. The van der Waals surface area contributed by atoms with E-state index in [4.69, 9.17) is 5.73 Å². The zero-order valence-corrected chi connectivity index (χ0v) is 15.3. The van der Waals surface area contributed by atoms with Crippen molar-refractivity contribution >= 4 is 5.91 Å². The van der Waals surface area contributed by atoms with Crippen LogP contribution in [0, 0.1) is 6.92 Å². The summed E-state index contributed by atoms with van der Waals surface area (Å²) in [5.41, 5.74) is 11.3. The zero-order valence-electron chi connectivity index (χ0n) is 15.3. The van der Waals surface area contributed by atoms with Crippen LogP contribution in [0.25, 0.3) is 11.4 Å². The molecule has 0 aliphatic carbocycles. The highest BCUT2D eigenvalue weighted by Gasteiger charge is 2.29. The first-order valence-corrected chi connectivity index (χ1v) is 9.08. The van der Waals surface area contributed by atoms with Crippen LogP contribution in [-0.2, 0) is 24.3 Å². The largest absolute Gasteiger partial charge is 0.368 e. The van der Waals surface area contributed by atoms with E-state index in [2.05, 4.69) is 46.1 Å². The first-order chi connectivity index (χ1) is 13.1. The zero-order chi connectivity index (χ0) is 18.8. The molecule has 0 radical (unpaired) electrons. The van der Waals surface area contributed by atoms with Crippen molar-refractivity contribution in [3.63, 3.8) is 0 Å². The maximum absolute atomic E-state index is 12.0. The van der Waals surface area contributed by atoms with Crippen LogP contribution in [0.5, 0.6) is 0 Å². The molecular weight excluding hydrogens is 336 g/mol. The van der Waals surface area contributed by atoms with Crippen LogP contribution in [0.1, 0.15) is 22.3 Å². The Morgan fingerprint density at radius 1 is 1.11 bits per heavy atom. The van der Waals surface area contributed by atoms with Gasteiger partial charge >= 0.3 is 0 Å². The first kappa shape index (κ1) is 17.4. The van der Waals surface area contributed by atoms with Gasteiger partial charge in [-0.05, 0) is 30.5 Å². The van der Waals surface area contributed by atoms with Gasteiger partial charge < -0.3 is 5.73 Å². The lowest BCUT2D eigenvalue weighted by molar-refractivity contribution is -0.124. The molecule has 0 saturated heterocycles. The molecule has 5 nitrogen and oxygen atoms in total. The van der Waals surface area contributed by atoms with E-state index in [9.17, 15) is 4.79 Å². The number of carbonyl (C=O) groups excluding carboxylic acids is 1. The van der Waals surface area contributed by atoms with E-state index in [1.165, 1.54) is 16.7 Å². The number of hydrogen-bond donors (Lipinski definition) is 1. The summed E-state index contributed by atoms with van der Waals surface area (Å²) in [7, 11) is 0. The molecule has 5 heteroatoms. The minimum Gasteiger partial charge on any atom is -0.368 e. The molecule has 136 valence electrons. The molecule has 0 unspecified atom stereocenters.